The summed E-state index contributed by atoms with van der Waals surface area (Å²) in [6, 6.07) is 25.9. The Morgan fingerprint density at radius 2 is 1.69 bits per heavy atom. The molecule has 2 heterocycles. The molecule has 49 heavy (non-hydrogen) atoms. The first kappa shape index (κ1) is 34.6. The number of nitrogens with zero attached hydrogens (tertiary/aromatic N) is 2. The monoisotopic (exact) mass is 691 g/mol. The first-order chi connectivity index (χ1) is 23.7. The Kier molecular flexibility index (Phi) is 11.3. The van der Waals surface area contributed by atoms with E-state index in [1.807, 2.05) is 60.7 Å². The lowest BCUT2D eigenvalue weighted by Gasteiger charge is -2.28. The van der Waals surface area contributed by atoms with Gasteiger partial charge in [0, 0.05) is 11.3 Å². The van der Waals surface area contributed by atoms with Crippen molar-refractivity contribution in [2.45, 2.75) is 13.0 Å². The van der Waals surface area contributed by atoms with Crippen molar-refractivity contribution in [2.24, 2.45) is 4.99 Å². The summed E-state index contributed by atoms with van der Waals surface area (Å²) in [7, 11) is 0. The van der Waals surface area contributed by atoms with Gasteiger partial charge in [-0.2, -0.15) is 4.99 Å². The van der Waals surface area contributed by atoms with Crippen molar-refractivity contribution in [1.82, 2.24) is 10.2 Å². The van der Waals surface area contributed by atoms with Gasteiger partial charge in [-0.3, -0.25) is 19.3 Å². The van der Waals surface area contributed by atoms with Crippen LogP contribution >= 0.6 is 23.4 Å². The first-order valence-corrected chi connectivity index (χ1v) is 16.4. The van der Waals surface area contributed by atoms with Crippen LogP contribution in [0.1, 0.15) is 40.2 Å². The molecular weight excluding hydrogens is 662 g/mol. The van der Waals surface area contributed by atoms with Gasteiger partial charge in [0.2, 0.25) is 5.91 Å². The lowest BCUT2D eigenvalue weighted by molar-refractivity contribution is -0.126. The lowest BCUT2D eigenvalue weighted by Crippen LogP contribution is -2.42. The van der Waals surface area contributed by atoms with Crippen molar-refractivity contribution in [3.8, 4) is 11.3 Å². The van der Waals surface area contributed by atoms with Crippen LogP contribution in [0.3, 0.4) is 0 Å². The minimum atomic E-state index is -1.13. The molecule has 5 rings (SSSR count). The molecule has 0 unspecified atom stereocenters. The van der Waals surface area contributed by atoms with E-state index in [9.17, 15) is 24.3 Å². The maximum Gasteiger partial charge on any atom is 0.335 e. The van der Waals surface area contributed by atoms with Gasteiger partial charge in [0.15, 0.2) is 5.17 Å². The van der Waals surface area contributed by atoms with Crippen molar-refractivity contribution >= 4 is 58.3 Å². The summed E-state index contributed by atoms with van der Waals surface area (Å²) in [5.41, 5.74) is 2.26. The highest BCUT2D eigenvalue weighted by Crippen LogP contribution is 2.32. The fourth-order valence-corrected chi connectivity index (χ4v) is 5.98. The summed E-state index contributed by atoms with van der Waals surface area (Å²) in [6.45, 7) is 5.42. The predicted octanol–water partition coefficient (Wildman–Crippen LogP) is 7.69. The Labute approximate surface area is 292 Å². The number of allylic oxidation sites excluding steroid dienone is 4. The molecule has 0 atom stereocenters. The minimum absolute atomic E-state index is 0.0131. The zero-order chi connectivity index (χ0) is 34.9. The number of benzene rings is 3. The Balaban J connectivity index is 1.42. The van der Waals surface area contributed by atoms with Crippen LogP contribution in [0, 0.1) is 0 Å². The smallest absolute Gasteiger partial charge is 0.335 e. The standard InChI is InChI=1S/C38H30ClN3O6S/c1-3-5-16-27(4-2)42-36(45)30(22-28-18-20-32(48-28)29-21-26(37(46)47)17-19-31(29)39)35(44)41-38(42)49-23-33(43)40-34(24-12-8-6-9-13-24)25-14-10-7-11-15-25/h3-22,34H,1,23H2,2H3,(H,40,43)(H,46,47)/b16-5-,27-4+,30-22+. The second-order valence-corrected chi connectivity index (χ2v) is 11.9. The van der Waals surface area contributed by atoms with Crippen molar-refractivity contribution in [2.75, 3.05) is 5.75 Å². The number of carboxylic acids is 1. The van der Waals surface area contributed by atoms with Crippen molar-refractivity contribution in [1.29, 1.82) is 0 Å². The summed E-state index contributed by atoms with van der Waals surface area (Å²) >= 11 is 7.25. The van der Waals surface area contributed by atoms with Crippen LogP contribution in [0.4, 0.5) is 0 Å². The zero-order valence-electron chi connectivity index (χ0n) is 26.2. The SMILES string of the molecule is C=C/C=C\C(=C/C)N1C(=O)/C(=C/c2ccc(-c3cc(C(=O)O)ccc3Cl)o2)C(=O)N=C1SCC(=O)NC(c1ccccc1)c1ccccc1. The van der Waals surface area contributed by atoms with E-state index in [1.54, 1.807) is 37.3 Å². The van der Waals surface area contributed by atoms with E-state index in [0.29, 0.717) is 11.3 Å². The minimum Gasteiger partial charge on any atom is -0.478 e. The largest absolute Gasteiger partial charge is 0.478 e. The third-order valence-electron chi connectivity index (χ3n) is 7.31. The number of thioether (sulfide) groups is 1. The molecule has 1 aliphatic heterocycles. The van der Waals surface area contributed by atoms with E-state index in [4.69, 9.17) is 16.0 Å². The second kappa shape index (κ2) is 15.9. The quantitative estimate of drug-likeness (QED) is 0.0937. The Bertz CT molecular complexity index is 1990. The molecule has 9 nitrogen and oxygen atoms in total. The number of aromatic carboxylic acids is 1. The molecule has 4 aromatic rings. The second-order valence-electron chi connectivity index (χ2n) is 10.5. The van der Waals surface area contributed by atoms with Gasteiger partial charge < -0.3 is 14.8 Å². The first-order valence-electron chi connectivity index (χ1n) is 15.0. The normalized spacial score (nSPS) is 14.4. The number of carbonyl (C=O) groups is 4. The van der Waals surface area contributed by atoms with Gasteiger partial charge in [0.1, 0.15) is 17.1 Å². The van der Waals surface area contributed by atoms with Gasteiger partial charge in [-0.15, -0.1) is 0 Å². The van der Waals surface area contributed by atoms with Crippen molar-refractivity contribution < 1.29 is 28.7 Å². The van der Waals surface area contributed by atoms with Crippen LogP contribution in [0.25, 0.3) is 17.4 Å². The average Bonchev–Trinajstić information content (AvgIpc) is 3.58. The van der Waals surface area contributed by atoms with E-state index >= 15 is 0 Å². The Morgan fingerprint density at radius 3 is 2.31 bits per heavy atom. The van der Waals surface area contributed by atoms with Crippen LogP contribution in [0.5, 0.6) is 0 Å². The lowest BCUT2D eigenvalue weighted by atomic mass is 9.99. The number of amides is 3. The zero-order valence-corrected chi connectivity index (χ0v) is 27.8. The van der Waals surface area contributed by atoms with E-state index in [-0.39, 0.29) is 44.5 Å². The maximum atomic E-state index is 14.0. The summed E-state index contributed by atoms with van der Waals surface area (Å²) < 4.78 is 5.86. The molecule has 3 aromatic carbocycles. The molecule has 0 spiro atoms. The molecule has 3 amide bonds. The van der Waals surface area contributed by atoms with Gasteiger partial charge in [-0.1, -0.05) is 109 Å². The summed E-state index contributed by atoms with van der Waals surface area (Å²) in [4.78, 5) is 57.6. The summed E-state index contributed by atoms with van der Waals surface area (Å²) in [5, 5.41) is 12.7. The molecule has 0 radical (unpaired) electrons. The van der Waals surface area contributed by atoms with E-state index in [0.717, 1.165) is 22.9 Å². The van der Waals surface area contributed by atoms with Gasteiger partial charge in [0.05, 0.1) is 22.4 Å². The van der Waals surface area contributed by atoms with Crippen LogP contribution in [0.15, 0.2) is 143 Å². The molecule has 0 fully saturated rings. The third-order valence-corrected chi connectivity index (χ3v) is 8.57. The Hall–Kier alpha value is -5.71. The number of hydrogen-bond acceptors (Lipinski definition) is 6. The molecule has 11 heteroatoms. The van der Waals surface area contributed by atoms with Crippen LogP contribution in [-0.4, -0.2) is 44.6 Å². The van der Waals surface area contributed by atoms with Crippen molar-refractivity contribution in [3.63, 3.8) is 0 Å². The fraction of sp³-hybridized carbons (Fsp3) is 0.0789. The average molecular weight is 692 g/mol. The molecule has 1 aromatic heterocycles. The van der Waals surface area contributed by atoms with Crippen LogP contribution < -0.4 is 5.32 Å². The molecule has 1 aliphatic rings. The molecule has 0 saturated heterocycles. The molecule has 0 aliphatic carbocycles. The molecule has 246 valence electrons. The number of furan rings is 1. The number of halogens is 1. The number of carboxylic acid groups (broad SMARTS) is 1. The van der Waals surface area contributed by atoms with E-state index < -0.39 is 23.8 Å². The number of aliphatic imine (C=N–C) groups is 1. The molecule has 0 saturated carbocycles. The highest BCUT2D eigenvalue weighted by molar-refractivity contribution is 8.14. The Morgan fingerprint density at radius 1 is 1.02 bits per heavy atom. The van der Waals surface area contributed by atoms with Gasteiger partial charge >= 0.3 is 5.97 Å². The third kappa shape index (κ3) is 8.24. The molecule has 2 N–H and O–H groups in total. The fourth-order valence-electron chi connectivity index (χ4n) is 4.96. The number of nitrogens with one attached hydrogen (secondary N) is 1. The van der Waals surface area contributed by atoms with E-state index in [1.165, 1.54) is 35.2 Å². The topological polar surface area (TPSA) is 129 Å². The highest BCUT2D eigenvalue weighted by atomic mass is 35.5. The number of hydrogen-bond donors (Lipinski definition) is 2. The molecule has 0 bridgehead atoms. The maximum absolute atomic E-state index is 14.0. The van der Waals surface area contributed by atoms with Gasteiger partial charge in [-0.05, 0) is 60.5 Å². The highest BCUT2D eigenvalue weighted by Gasteiger charge is 2.35. The number of carbonyl (C=O) groups excluding carboxylic acids is 3. The number of rotatable bonds is 11. The van der Waals surface area contributed by atoms with E-state index in [2.05, 4.69) is 16.9 Å². The predicted molar refractivity (Wildman–Crippen MR) is 192 cm³/mol. The van der Waals surface area contributed by atoms with Crippen LogP contribution in [0.2, 0.25) is 5.02 Å². The van der Waals surface area contributed by atoms with Gasteiger partial charge in [0.25, 0.3) is 11.8 Å². The number of amidine groups is 1. The van der Waals surface area contributed by atoms with Crippen molar-refractivity contribution in [3.05, 3.63) is 161 Å². The summed E-state index contributed by atoms with van der Waals surface area (Å²) in [5.74, 6) is -2.71. The van der Waals surface area contributed by atoms with Gasteiger partial charge in [-0.25, -0.2) is 4.79 Å². The molecular formula is C38H30ClN3O6S. The van der Waals surface area contributed by atoms with Crippen LogP contribution in [-0.2, 0) is 14.4 Å². The summed E-state index contributed by atoms with van der Waals surface area (Å²) in [6.07, 6.45) is 7.75.